The molecule has 0 unspecified atom stereocenters. The Labute approximate surface area is 50.5 Å². The molecule has 0 aromatic heterocycles. The van der Waals surface area contributed by atoms with E-state index in [1.54, 1.807) is 11.8 Å². The maximum absolute atomic E-state index is 10.5. The van der Waals surface area contributed by atoms with Crippen molar-refractivity contribution in [3.63, 3.8) is 0 Å². The maximum atomic E-state index is 10.5. The Kier molecular flexibility index (Phi) is 3.24. The molecule has 0 aliphatic rings. The predicted molar refractivity (Wildman–Crippen MR) is 33.3 cm³/mol. The van der Waals surface area contributed by atoms with Crippen LogP contribution in [0.25, 0.3) is 0 Å². The van der Waals surface area contributed by atoms with Crippen molar-refractivity contribution in [2.24, 2.45) is 0 Å². The molecule has 0 aliphatic carbocycles. The number of nitrogens with zero attached hydrogens (tertiary/aromatic N) is 1. The standard InChI is InChI=1S/C6H12NO/c1-4-7(5-2)6(3)8/h1,4-5H2,2-3H3. The van der Waals surface area contributed by atoms with Crippen molar-refractivity contribution < 1.29 is 4.79 Å². The van der Waals surface area contributed by atoms with E-state index in [0.29, 0.717) is 6.54 Å². The Morgan fingerprint density at radius 1 is 1.75 bits per heavy atom. The fraction of sp³-hybridized carbons (Fsp3) is 0.667. The van der Waals surface area contributed by atoms with Crippen LogP contribution in [0.3, 0.4) is 0 Å². The molecule has 2 heteroatoms. The number of amides is 1. The second-order valence-electron chi connectivity index (χ2n) is 1.60. The van der Waals surface area contributed by atoms with Crippen LogP contribution in [0.5, 0.6) is 0 Å². The number of rotatable bonds is 2. The summed E-state index contributed by atoms with van der Waals surface area (Å²) in [4.78, 5) is 12.2. The minimum Gasteiger partial charge on any atom is -0.343 e. The summed E-state index contributed by atoms with van der Waals surface area (Å²) in [5, 5.41) is 0. The van der Waals surface area contributed by atoms with Gasteiger partial charge in [-0.1, -0.05) is 0 Å². The molecule has 0 spiro atoms. The van der Waals surface area contributed by atoms with Crippen LogP contribution in [0, 0.1) is 6.92 Å². The van der Waals surface area contributed by atoms with Gasteiger partial charge in [0.05, 0.1) is 0 Å². The highest BCUT2D eigenvalue weighted by Crippen LogP contribution is 1.84. The van der Waals surface area contributed by atoms with Crippen LogP contribution in [0.2, 0.25) is 0 Å². The Hall–Kier alpha value is -0.530. The van der Waals surface area contributed by atoms with Gasteiger partial charge >= 0.3 is 0 Å². The van der Waals surface area contributed by atoms with Crippen LogP contribution in [0.15, 0.2) is 0 Å². The number of carbonyl (C=O) groups is 1. The normalized spacial score (nSPS) is 8.88. The molecule has 1 radical (unpaired) electrons. The van der Waals surface area contributed by atoms with Gasteiger partial charge < -0.3 is 4.90 Å². The number of carbonyl (C=O) groups excluding carboxylic acids is 1. The first kappa shape index (κ1) is 7.47. The summed E-state index contributed by atoms with van der Waals surface area (Å²) in [7, 11) is 0. The zero-order chi connectivity index (χ0) is 6.57. The molecule has 1 amide bonds. The zero-order valence-electron chi connectivity index (χ0n) is 5.48. The monoisotopic (exact) mass is 114 g/mol. The first-order valence-electron chi connectivity index (χ1n) is 2.77. The van der Waals surface area contributed by atoms with Gasteiger partial charge in [-0.05, 0) is 13.8 Å². The van der Waals surface area contributed by atoms with Crippen molar-refractivity contribution >= 4 is 5.91 Å². The largest absolute Gasteiger partial charge is 0.343 e. The van der Waals surface area contributed by atoms with Gasteiger partial charge in [-0.2, -0.15) is 0 Å². The molecule has 0 rings (SSSR count). The third-order valence-electron chi connectivity index (χ3n) is 1.10. The van der Waals surface area contributed by atoms with Gasteiger partial charge in [0.2, 0.25) is 5.91 Å². The molecule has 47 valence electrons. The molecule has 0 atom stereocenters. The molecular formula is C6H12NO. The molecule has 0 saturated carbocycles. The SMILES string of the molecule is [CH2]CN(CC)C(C)=O. The second kappa shape index (κ2) is 3.47. The minimum atomic E-state index is 0.0995. The van der Waals surface area contributed by atoms with Crippen molar-refractivity contribution in [3.05, 3.63) is 6.92 Å². The van der Waals surface area contributed by atoms with E-state index in [4.69, 9.17) is 0 Å². The minimum absolute atomic E-state index is 0.0995. The van der Waals surface area contributed by atoms with Crippen molar-refractivity contribution in [1.29, 1.82) is 0 Å². The number of hydrogen-bond acceptors (Lipinski definition) is 1. The molecule has 0 aliphatic heterocycles. The third kappa shape index (κ3) is 1.96. The smallest absolute Gasteiger partial charge is 0.219 e. The van der Waals surface area contributed by atoms with Gasteiger partial charge in [-0.15, -0.1) is 0 Å². The lowest BCUT2D eigenvalue weighted by molar-refractivity contribution is -0.128. The van der Waals surface area contributed by atoms with Crippen molar-refractivity contribution in [2.75, 3.05) is 13.1 Å². The summed E-state index contributed by atoms with van der Waals surface area (Å²) in [5.74, 6) is 0.0995. The molecule has 0 saturated heterocycles. The fourth-order valence-electron chi connectivity index (χ4n) is 0.538. The zero-order valence-corrected chi connectivity index (χ0v) is 5.48. The van der Waals surface area contributed by atoms with Gasteiger partial charge in [-0.25, -0.2) is 0 Å². The lowest BCUT2D eigenvalue weighted by atomic mass is 10.5. The molecule has 0 fully saturated rings. The summed E-state index contributed by atoms with van der Waals surface area (Å²) in [6, 6.07) is 0. The third-order valence-corrected chi connectivity index (χ3v) is 1.10. The molecule has 0 aromatic rings. The predicted octanol–water partition coefficient (Wildman–Crippen LogP) is 0.689. The first-order valence-corrected chi connectivity index (χ1v) is 2.77. The fourth-order valence-corrected chi connectivity index (χ4v) is 0.538. The average Bonchev–Trinajstić information content (AvgIpc) is 1.69. The van der Waals surface area contributed by atoms with E-state index in [-0.39, 0.29) is 5.91 Å². The summed E-state index contributed by atoms with van der Waals surface area (Å²) in [6.07, 6.45) is 0. The Morgan fingerprint density at radius 3 is 2.25 bits per heavy atom. The van der Waals surface area contributed by atoms with Gasteiger partial charge in [-0.3, -0.25) is 4.79 Å². The molecule has 0 N–H and O–H groups in total. The lowest BCUT2D eigenvalue weighted by Crippen LogP contribution is -2.27. The molecule has 0 heterocycles. The molecule has 0 bridgehead atoms. The van der Waals surface area contributed by atoms with Crippen LogP contribution in [-0.2, 0) is 4.79 Å². The van der Waals surface area contributed by atoms with Gasteiger partial charge in [0.1, 0.15) is 0 Å². The van der Waals surface area contributed by atoms with E-state index in [2.05, 4.69) is 6.92 Å². The first-order chi connectivity index (χ1) is 3.72. The Balaban J connectivity index is 3.52. The second-order valence-corrected chi connectivity index (χ2v) is 1.60. The molecule has 8 heavy (non-hydrogen) atoms. The van der Waals surface area contributed by atoms with Crippen molar-refractivity contribution in [1.82, 2.24) is 4.90 Å². The van der Waals surface area contributed by atoms with Crippen LogP contribution in [0.4, 0.5) is 0 Å². The quantitative estimate of drug-likeness (QED) is 0.517. The van der Waals surface area contributed by atoms with Crippen LogP contribution in [-0.4, -0.2) is 23.9 Å². The summed E-state index contributed by atoms with van der Waals surface area (Å²) >= 11 is 0. The highest BCUT2D eigenvalue weighted by atomic mass is 16.2. The van der Waals surface area contributed by atoms with Gasteiger partial charge in [0.15, 0.2) is 0 Å². The van der Waals surface area contributed by atoms with Gasteiger partial charge in [0.25, 0.3) is 0 Å². The number of hydrogen-bond donors (Lipinski definition) is 0. The molecule has 2 nitrogen and oxygen atoms in total. The lowest BCUT2D eigenvalue weighted by Gasteiger charge is -2.14. The van der Waals surface area contributed by atoms with Crippen LogP contribution < -0.4 is 0 Å². The maximum Gasteiger partial charge on any atom is 0.219 e. The van der Waals surface area contributed by atoms with Crippen LogP contribution in [0.1, 0.15) is 13.8 Å². The highest BCUT2D eigenvalue weighted by Gasteiger charge is 1.99. The van der Waals surface area contributed by atoms with Crippen molar-refractivity contribution in [2.45, 2.75) is 13.8 Å². The van der Waals surface area contributed by atoms with E-state index >= 15 is 0 Å². The van der Waals surface area contributed by atoms with E-state index in [0.717, 1.165) is 6.54 Å². The van der Waals surface area contributed by atoms with Crippen molar-refractivity contribution in [3.8, 4) is 0 Å². The molecule has 0 aromatic carbocycles. The van der Waals surface area contributed by atoms with E-state index < -0.39 is 0 Å². The van der Waals surface area contributed by atoms with Gasteiger partial charge in [0, 0.05) is 20.0 Å². The molecular weight excluding hydrogens is 102 g/mol. The summed E-state index contributed by atoms with van der Waals surface area (Å²) in [5.41, 5.74) is 0. The topological polar surface area (TPSA) is 20.3 Å². The van der Waals surface area contributed by atoms with E-state index in [1.165, 1.54) is 0 Å². The Morgan fingerprint density at radius 2 is 2.25 bits per heavy atom. The van der Waals surface area contributed by atoms with E-state index in [1.807, 2.05) is 6.92 Å². The Bertz CT molecular complexity index is 76.6. The van der Waals surface area contributed by atoms with Crippen LogP contribution >= 0.6 is 0 Å². The average molecular weight is 114 g/mol. The highest BCUT2D eigenvalue weighted by molar-refractivity contribution is 5.73. The summed E-state index contributed by atoms with van der Waals surface area (Å²) < 4.78 is 0. The summed E-state index contributed by atoms with van der Waals surface area (Å²) in [6.45, 7) is 8.41. The van der Waals surface area contributed by atoms with E-state index in [9.17, 15) is 4.79 Å².